The molecule has 0 aliphatic heterocycles. The van der Waals surface area contributed by atoms with E-state index < -0.39 is 5.60 Å². The number of methoxy groups -OCH3 is 1. The molecule has 0 aromatic heterocycles. The van der Waals surface area contributed by atoms with Crippen molar-refractivity contribution in [2.75, 3.05) is 40.4 Å². The van der Waals surface area contributed by atoms with Gasteiger partial charge < -0.3 is 24.8 Å². The molecule has 0 saturated heterocycles. The lowest BCUT2D eigenvalue weighted by Gasteiger charge is -2.35. The highest BCUT2D eigenvalue weighted by Gasteiger charge is 2.34. The first-order valence-corrected chi connectivity index (χ1v) is 8.55. The van der Waals surface area contributed by atoms with E-state index in [1.807, 2.05) is 43.1 Å². The van der Waals surface area contributed by atoms with Crippen LogP contribution in [0.15, 0.2) is 29.3 Å². The molecule has 2 rings (SSSR count). The van der Waals surface area contributed by atoms with Crippen LogP contribution in [-0.2, 0) is 0 Å². The zero-order valence-electron chi connectivity index (χ0n) is 14.9. The Labute approximate surface area is 144 Å². The number of aliphatic imine (C=N–C) groups is 1. The molecular weight excluding hydrogens is 306 g/mol. The number of aliphatic hydroxyl groups is 1. The third kappa shape index (κ3) is 5.30. The largest absolute Gasteiger partial charge is 0.497 e. The number of nitrogens with zero attached hydrogens (tertiary/aromatic N) is 2. The molecule has 134 valence electrons. The van der Waals surface area contributed by atoms with E-state index in [0.29, 0.717) is 19.7 Å². The third-order valence-electron chi connectivity index (χ3n) is 4.26. The van der Waals surface area contributed by atoms with E-state index in [4.69, 9.17) is 9.47 Å². The topological polar surface area (TPSA) is 66.3 Å². The molecule has 1 aromatic carbocycles. The van der Waals surface area contributed by atoms with Gasteiger partial charge in [-0.3, -0.25) is 4.99 Å². The van der Waals surface area contributed by atoms with E-state index in [-0.39, 0.29) is 0 Å². The lowest BCUT2D eigenvalue weighted by Crippen LogP contribution is -2.44. The van der Waals surface area contributed by atoms with E-state index in [2.05, 4.69) is 10.3 Å². The number of likely N-dealkylation sites (N-methyl/N-ethyl adjacent to an activating group) is 1. The lowest BCUT2D eigenvalue weighted by atomic mass is 9.80. The Morgan fingerprint density at radius 1 is 1.29 bits per heavy atom. The van der Waals surface area contributed by atoms with Crippen molar-refractivity contribution in [1.29, 1.82) is 0 Å². The second-order valence-corrected chi connectivity index (χ2v) is 6.19. The minimum atomic E-state index is -0.596. The molecular formula is C18H29N3O3. The molecule has 6 heteroatoms. The normalized spacial score (nSPS) is 16.2. The summed E-state index contributed by atoms with van der Waals surface area (Å²) in [5.41, 5.74) is -0.596. The number of guanidine groups is 1. The zero-order chi connectivity index (χ0) is 17.4. The number of hydrogen-bond acceptors (Lipinski definition) is 4. The maximum absolute atomic E-state index is 10.2. The van der Waals surface area contributed by atoms with E-state index >= 15 is 0 Å². The standard InChI is InChI=1S/C18H29N3O3/c1-4-19-17(20-14-18(22)10-5-11-18)21(2)12-13-24-16-8-6-15(23-3)7-9-16/h6-9,22H,4-5,10-14H2,1-3H3,(H,19,20). The van der Waals surface area contributed by atoms with Gasteiger partial charge in [0.2, 0.25) is 0 Å². The predicted octanol–water partition coefficient (Wildman–Crippen LogP) is 1.89. The molecule has 0 unspecified atom stereocenters. The molecule has 0 spiro atoms. The van der Waals surface area contributed by atoms with Crippen LogP contribution in [0.25, 0.3) is 0 Å². The maximum atomic E-state index is 10.2. The highest BCUT2D eigenvalue weighted by atomic mass is 16.5. The molecule has 6 nitrogen and oxygen atoms in total. The third-order valence-corrected chi connectivity index (χ3v) is 4.26. The van der Waals surface area contributed by atoms with Crippen LogP contribution in [0.5, 0.6) is 11.5 Å². The van der Waals surface area contributed by atoms with E-state index in [1.54, 1.807) is 7.11 Å². The molecule has 24 heavy (non-hydrogen) atoms. The number of rotatable bonds is 8. The highest BCUT2D eigenvalue weighted by molar-refractivity contribution is 5.79. The summed E-state index contributed by atoms with van der Waals surface area (Å²) in [4.78, 5) is 6.59. The fourth-order valence-corrected chi connectivity index (χ4v) is 2.51. The second kappa shape index (κ2) is 8.78. The summed E-state index contributed by atoms with van der Waals surface area (Å²) >= 11 is 0. The van der Waals surface area contributed by atoms with Crippen LogP contribution in [0.3, 0.4) is 0 Å². The van der Waals surface area contributed by atoms with E-state index in [0.717, 1.165) is 43.3 Å². The fourth-order valence-electron chi connectivity index (χ4n) is 2.51. The summed E-state index contributed by atoms with van der Waals surface area (Å²) < 4.78 is 10.9. The summed E-state index contributed by atoms with van der Waals surface area (Å²) in [7, 11) is 3.62. The van der Waals surface area contributed by atoms with Crippen molar-refractivity contribution in [3.8, 4) is 11.5 Å². The van der Waals surface area contributed by atoms with Crippen molar-refractivity contribution < 1.29 is 14.6 Å². The van der Waals surface area contributed by atoms with Gasteiger partial charge >= 0.3 is 0 Å². The monoisotopic (exact) mass is 335 g/mol. The van der Waals surface area contributed by atoms with Gasteiger partial charge in [0, 0.05) is 13.6 Å². The Bertz CT molecular complexity index is 527. The Balaban J connectivity index is 1.80. The highest BCUT2D eigenvalue weighted by Crippen LogP contribution is 2.31. The quantitative estimate of drug-likeness (QED) is 0.561. The Kier molecular flexibility index (Phi) is 6.73. The minimum Gasteiger partial charge on any atom is -0.497 e. The average molecular weight is 335 g/mol. The fraction of sp³-hybridized carbons (Fsp3) is 0.611. The molecule has 1 aromatic rings. The number of nitrogens with one attached hydrogen (secondary N) is 1. The summed E-state index contributed by atoms with van der Waals surface area (Å²) in [5.74, 6) is 2.43. The second-order valence-electron chi connectivity index (χ2n) is 6.19. The van der Waals surface area contributed by atoms with Gasteiger partial charge in [-0.15, -0.1) is 0 Å². The summed E-state index contributed by atoms with van der Waals surface area (Å²) in [6, 6.07) is 7.54. The molecule has 0 amide bonds. The van der Waals surface area contributed by atoms with Crippen LogP contribution in [0.4, 0.5) is 0 Å². The van der Waals surface area contributed by atoms with Gasteiger partial charge in [-0.25, -0.2) is 0 Å². The minimum absolute atomic E-state index is 0.457. The maximum Gasteiger partial charge on any atom is 0.193 e. The van der Waals surface area contributed by atoms with Crippen LogP contribution in [0.2, 0.25) is 0 Å². The molecule has 0 radical (unpaired) electrons. The van der Waals surface area contributed by atoms with Gasteiger partial charge in [0.15, 0.2) is 5.96 Å². The smallest absolute Gasteiger partial charge is 0.193 e. The van der Waals surface area contributed by atoms with E-state index in [1.165, 1.54) is 0 Å². The van der Waals surface area contributed by atoms with Gasteiger partial charge in [0.05, 0.1) is 25.8 Å². The van der Waals surface area contributed by atoms with Gasteiger partial charge in [-0.05, 0) is 50.5 Å². The van der Waals surface area contributed by atoms with Crippen LogP contribution < -0.4 is 14.8 Å². The lowest BCUT2D eigenvalue weighted by molar-refractivity contribution is -0.0237. The van der Waals surface area contributed by atoms with Crippen molar-refractivity contribution in [3.63, 3.8) is 0 Å². The van der Waals surface area contributed by atoms with E-state index in [9.17, 15) is 5.11 Å². The SMILES string of the molecule is CCNC(=NCC1(O)CCC1)N(C)CCOc1ccc(OC)cc1. The number of hydrogen-bond donors (Lipinski definition) is 2. The van der Waals surface area contributed by atoms with Crippen molar-refractivity contribution >= 4 is 5.96 Å². The Hall–Kier alpha value is -1.95. The predicted molar refractivity (Wildman–Crippen MR) is 95.9 cm³/mol. The van der Waals surface area contributed by atoms with Crippen molar-refractivity contribution in [1.82, 2.24) is 10.2 Å². The molecule has 0 atom stereocenters. The molecule has 2 N–H and O–H groups in total. The summed E-state index contributed by atoms with van der Waals surface area (Å²) in [6.07, 6.45) is 2.79. The molecule has 1 fully saturated rings. The Morgan fingerprint density at radius 2 is 1.96 bits per heavy atom. The average Bonchev–Trinajstić information content (AvgIpc) is 2.57. The first-order chi connectivity index (χ1) is 11.6. The van der Waals surface area contributed by atoms with Crippen LogP contribution in [0, 0.1) is 0 Å². The van der Waals surface area contributed by atoms with Gasteiger partial charge in [-0.2, -0.15) is 0 Å². The van der Waals surface area contributed by atoms with Gasteiger partial charge in [0.25, 0.3) is 0 Å². The first-order valence-electron chi connectivity index (χ1n) is 8.55. The molecule has 1 saturated carbocycles. The number of benzene rings is 1. The van der Waals surface area contributed by atoms with Crippen molar-refractivity contribution in [2.24, 2.45) is 4.99 Å². The molecule has 1 aliphatic rings. The van der Waals surface area contributed by atoms with Crippen molar-refractivity contribution in [2.45, 2.75) is 31.8 Å². The molecule has 0 bridgehead atoms. The summed E-state index contributed by atoms with van der Waals surface area (Å²) in [6.45, 7) is 4.54. The first kappa shape index (κ1) is 18.4. The Morgan fingerprint density at radius 3 is 2.50 bits per heavy atom. The van der Waals surface area contributed by atoms with Gasteiger partial charge in [0.1, 0.15) is 18.1 Å². The van der Waals surface area contributed by atoms with Crippen LogP contribution in [0.1, 0.15) is 26.2 Å². The summed E-state index contributed by atoms with van der Waals surface area (Å²) in [5, 5.41) is 13.4. The molecule has 0 heterocycles. The zero-order valence-corrected chi connectivity index (χ0v) is 14.9. The van der Waals surface area contributed by atoms with Crippen LogP contribution >= 0.6 is 0 Å². The molecule has 1 aliphatic carbocycles. The number of ether oxygens (including phenoxy) is 2. The van der Waals surface area contributed by atoms with Crippen LogP contribution in [-0.4, -0.2) is 62.0 Å². The van der Waals surface area contributed by atoms with Gasteiger partial charge in [-0.1, -0.05) is 0 Å². The van der Waals surface area contributed by atoms with Crippen molar-refractivity contribution in [3.05, 3.63) is 24.3 Å².